The molecule has 0 aliphatic rings. The number of hydrogen-bond acceptors (Lipinski definition) is 3. The predicted octanol–water partition coefficient (Wildman–Crippen LogP) is 2.42. The number of alkyl halides is 1. The molecule has 5 heteroatoms. The van der Waals surface area contributed by atoms with Crippen LogP contribution in [0.1, 0.15) is 10.4 Å². The van der Waals surface area contributed by atoms with E-state index < -0.39 is 5.82 Å². The van der Waals surface area contributed by atoms with Gasteiger partial charge in [-0.25, -0.2) is 4.39 Å². The molecule has 1 aromatic carbocycles. The summed E-state index contributed by atoms with van der Waals surface area (Å²) in [5.74, 6) is -0.519. The van der Waals surface area contributed by atoms with E-state index in [4.69, 9.17) is 9.47 Å². The summed E-state index contributed by atoms with van der Waals surface area (Å²) in [6.45, 7) is 0. The zero-order valence-corrected chi connectivity index (χ0v) is 9.93. The van der Waals surface area contributed by atoms with E-state index in [0.717, 1.165) is 6.07 Å². The standard InChI is InChI=1S/C10H10BrFO3/c1-14-6-3-7(12)10(8(13)5-11)9(4-6)15-2/h3-4H,5H2,1-2H3. The lowest BCUT2D eigenvalue weighted by Gasteiger charge is -2.09. The van der Waals surface area contributed by atoms with Crippen molar-refractivity contribution in [1.82, 2.24) is 0 Å². The van der Waals surface area contributed by atoms with Crippen LogP contribution >= 0.6 is 15.9 Å². The van der Waals surface area contributed by atoms with Gasteiger partial charge in [0.1, 0.15) is 17.3 Å². The zero-order valence-electron chi connectivity index (χ0n) is 8.34. The molecule has 0 unspecified atom stereocenters. The van der Waals surface area contributed by atoms with Gasteiger partial charge in [-0.1, -0.05) is 15.9 Å². The van der Waals surface area contributed by atoms with Crippen LogP contribution in [0.4, 0.5) is 4.39 Å². The van der Waals surface area contributed by atoms with E-state index in [0.29, 0.717) is 5.75 Å². The highest BCUT2D eigenvalue weighted by Crippen LogP contribution is 2.28. The van der Waals surface area contributed by atoms with Crippen molar-refractivity contribution >= 4 is 21.7 Å². The average Bonchev–Trinajstić information content (AvgIpc) is 2.26. The number of carbonyl (C=O) groups excluding carboxylic acids is 1. The molecule has 1 aromatic rings. The van der Waals surface area contributed by atoms with Crippen molar-refractivity contribution in [1.29, 1.82) is 0 Å². The van der Waals surface area contributed by atoms with Crippen molar-refractivity contribution in [2.45, 2.75) is 0 Å². The summed E-state index contributed by atoms with van der Waals surface area (Å²) >= 11 is 2.98. The summed E-state index contributed by atoms with van der Waals surface area (Å²) in [7, 11) is 2.79. The Hall–Kier alpha value is -1.10. The SMILES string of the molecule is COc1cc(F)c(C(=O)CBr)c(OC)c1. The molecular formula is C10H10BrFO3. The molecule has 0 aliphatic carbocycles. The minimum atomic E-state index is -0.643. The van der Waals surface area contributed by atoms with Gasteiger partial charge in [-0.15, -0.1) is 0 Å². The molecular weight excluding hydrogens is 267 g/mol. The van der Waals surface area contributed by atoms with Crippen LogP contribution in [0.25, 0.3) is 0 Å². The van der Waals surface area contributed by atoms with Crippen LogP contribution < -0.4 is 9.47 Å². The third-order valence-electron chi connectivity index (χ3n) is 1.88. The summed E-state index contributed by atoms with van der Waals surface area (Å²) in [5, 5.41) is 0.0482. The topological polar surface area (TPSA) is 35.5 Å². The van der Waals surface area contributed by atoms with E-state index in [1.165, 1.54) is 20.3 Å². The Labute approximate surface area is 95.3 Å². The molecule has 0 aliphatic heterocycles. The fourth-order valence-corrected chi connectivity index (χ4v) is 1.45. The number of hydrogen-bond donors (Lipinski definition) is 0. The third-order valence-corrected chi connectivity index (χ3v) is 2.39. The predicted molar refractivity (Wildman–Crippen MR) is 57.6 cm³/mol. The number of benzene rings is 1. The number of halogens is 2. The maximum Gasteiger partial charge on any atom is 0.180 e. The first-order valence-electron chi connectivity index (χ1n) is 4.14. The highest BCUT2D eigenvalue weighted by atomic mass is 79.9. The molecule has 0 aromatic heterocycles. The Bertz CT molecular complexity index is 379. The molecule has 15 heavy (non-hydrogen) atoms. The Morgan fingerprint density at radius 1 is 1.40 bits per heavy atom. The molecule has 3 nitrogen and oxygen atoms in total. The van der Waals surface area contributed by atoms with Crippen molar-refractivity contribution in [3.8, 4) is 11.5 Å². The molecule has 0 spiro atoms. The number of carbonyl (C=O) groups is 1. The van der Waals surface area contributed by atoms with Crippen molar-refractivity contribution in [3.05, 3.63) is 23.5 Å². The van der Waals surface area contributed by atoms with E-state index in [1.54, 1.807) is 0 Å². The Morgan fingerprint density at radius 2 is 2.07 bits per heavy atom. The number of methoxy groups -OCH3 is 2. The van der Waals surface area contributed by atoms with Gasteiger partial charge < -0.3 is 9.47 Å². The molecule has 82 valence electrons. The lowest BCUT2D eigenvalue weighted by atomic mass is 10.1. The molecule has 0 fully saturated rings. The Balaban J connectivity index is 3.30. The van der Waals surface area contributed by atoms with Gasteiger partial charge in [-0.3, -0.25) is 4.79 Å². The van der Waals surface area contributed by atoms with Gasteiger partial charge in [0.2, 0.25) is 0 Å². The quantitative estimate of drug-likeness (QED) is 0.626. The second kappa shape index (κ2) is 5.11. The largest absolute Gasteiger partial charge is 0.497 e. The molecule has 0 heterocycles. The zero-order chi connectivity index (χ0) is 11.4. The minimum absolute atomic E-state index is 0.0482. The summed E-state index contributed by atoms with van der Waals surface area (Å²) in [6.07, 6.45) is 0. The fraction of sp³-hybridized carbons (Fsp3) is 0.300. The van der Waals surface area contributed by atoms with E-state index in [-0.39, 0.29) is 22.4 Å². The summed E-state index contributed by atoms with van der Waals surface area (Å²) in [5.41, 5.74) is -0.0600. The third kappa shape index (κ3) is 2.47. The normalized spacial score (nSPS) is 9.87. The van der Waals surface area contributed by atoms with Crippen molar-refractivity contribution in [3.63, 3.8) is 0 Å². The van der Waals surface area contributed by atoms with Gasteiger partial charge in [0.25, 0.3) is 0 Å². The average molecular weight is 277 g/mol. The number of rotatable bonds is 4. The van der Waals surface area contributed by atoms with Gasteiger partial charge in [-0.05, 0) is 0 Å². The Kier molecular flexibility index (Phi) is 4.08. The molecule has 0 radical (unpaired) electrons. The van der Waals surface area contributed by atoms with Gasteiger partial charge in [0.05, 0.1) is 25.1 Å². The van der Waals surface area contributed by atoms with E-state index in [9.17, 15) is 9.18 Å². The van der Waals surface area contributed by atoms with Crippen LogP contribution in [0.3, 0.4) is 0 Å². The molecule has 1 rings (SSSR count). The Morgan fingerprint density at radius 3 is 2.53 bits per heavy atom. The monoisotopic (exact) mass is 276 g/mol. The van der Waals surface area contributed by atoms with E-state index in [1.807, 2.05) is 0 Å². The van der Waals surface area contributed by atoms with Crippen LogP contribution in [0.5, 0.6) is 11.5 Å². The highest BCUT2D eigenvalue weighted by molar-refractivity contribution is 9.09. The van der Waals surface area contributed by atoms with E-state index in [2.05, 4.69) is 15.9 Å². The summed E-state index contributed by atoms with van der Waals surface area (Å²) < 4.78 is 23.3. The van der Waals surface area contributed by atoms with Crippen molar-refractivity contribution < 1.29 is 18.7 Å². The van der Waals surface area contributed by atoms with Gasteiger partial charge in [0, 0.05) is 12.1 Å². The minimum Gasteiger partial charge on any atom is -0.497 e. The first-order valence-corrected chi connectivity index (χ1v) is 5.26. The number of Topliss-reactive ketones (excluding diaryl/α,β-unsaturated/α-hetero) is 1. The van der Waals surface area contributed by atoms with Gasteiger partial charge >= 0.3 is 0 Å². The fourth-order valence-electron chi connectivity index (χ4n) is 1.17. The second-order valence-corrected chi connectivity index (χ2v) is 3.30. The van der Waals surface area contributed by atoms with Gasteiger partial charge in [0.15, 0.2) is 5.78 Å². The molecule has 0 bridgehead atoms. The van der Waals surface area contributed by atoms with Crippen LogP contribution in [0.2, 0.25) is 0 Å². The van der Waals surface area contributed by atoms with Crippen LogP contribution in [0.15, 0.2) is 12.1 Å². The summed E-state index contributed by atoms with van der Waals surface area (Å²) in [6, 6.07) is 2.62. The molecule has 0 saturated heterocycles. The van der Waals surface area contributed by atoms with Crippen LogP contribution in [-0.2, 0) is 0 Å². The first kappa shape index (κ1) is 12.0. The molecule has 0 atom stereocenters. The maximum atomic E-state index is 13.5. The highest BCUT2D eigenvalue weighted by Gasteiger charge is 2.18. The smallest absolute Gasteiger partial charge is 0.180 e. The number of ether oxygens (including phenoxy) is 2. The van der Waals surface area contributed by atoms with Gasteiger partial charge in [-0.2, -0.15) is 0 Å². The lowest BCUT2D eigenvalue weighted by Crippen LogP contribution is -2.06. The van der Waals surface area contributed by atoms with E-state index >= 15 is 0 Å². The second-order valence-electron chi connectivity index (χ2n) is 2.74. The van der Waals surface area contributed by atoms with Crippen molar-refractivity contribution in [2.24, 2.45) is 0 Å². The molecule has 0 saturated carbocycles. The van der Waals surface area contributed by atoms with Crippen LogP contribution in [-0.4, -0.2) is 25.3 Å². The lowest BCUT2D eigenvalue weighted by molar-refractivity contribution is 0.101. The first-order chi connectivity index (χ1) is 7.13. The van der Waals surface area contributed by atoms with Crippen molar-refractivity contribution in [2.75, 3.05) is 19.5 Å². The number of ketones is 1. The molecule has 0 N–H and O–H groups in total. The maximum absolute atomic E-state index is 13.5. The molecule has 0 amide bonds. The summed E-state index contributed by atoms with van der Waals surface area (Å²) in [4.78, 5) is 11.4. The van der Waals surface area contributed by atoms with Crippen LogP contribution in [0, 0.1) is 5.82 Å².